The molecule has 0 fully saturated rings. The van der Waals surface area contributed by atoms with E-state index < -0.39 is 0 Å². The molecule has 242 valence electrons. The van der Waals surface area contributed by atoms with Gasteiger partial charge in [0.05, 0.1) is 13.1 Å². The molecule has 0 radical (unpaired) electrons. The lowest BCUT2D eigenvalue weighted by Crippen LogP contribution is -2.37. The lowest BCUT2D eigenvalue weighted by Gasteiger charge is -2.07. The summed E-state index contributed by atoms with van der Waals surface area (Å²) in [5.41, 5.74) is 0. The Balaban J connectivity index is 2.17. The summed E-state index contributed by atoms with van der Waals surface area (Å²) in [6.07, 6.45) is 48.9. The summed E-state index contributed by atoms with van der Waals surface area (Å²) in [7, 11) is 0. The number of imidazole rings is 1. The third kappa shape index (κ3) is 23.4. The molecule has 0 aromatic carbocycles. The first-order valence-electron chi connectivity index (χ1n) is 19.4. The smallest absolute Gasteiger partial charge is 0.234 e. The predicted molar refractivity (Wildman–Crippen MR) is 184 cm³/mol. The topological polar surface area (TPSA) is 8.81 Å². The van der Waals surface area contributed by atoms with E-state index in [0.717, 1.165) is 0 Å². The Labute approximate surface area is 259 Å². The first kappa shape index (κ1) is 38.2. The summed E-state index contributed by atoms with van der Waals surface area (Å²) >= 11 is 0. The Bertz CT molecular complexity index is 634. The standard InChI is InChI=1S/C39H77N2/c1-4-7-10-13-15-17-18-19-20-21-22-23-25-27-30-33-36-41-38-37-40(39(41)34-31-28-12-9-6-3)35-32-29-26-24-16-14-11-8-5-2/h37-38H,4-36H2,1-3H3/q+1. The van der Waals surface area contributed by atoms with Gasteiger partial charge in [0.2, 0.25) is 0 Å². The highest BCUT2D eigenvalue weighted by atomic mass is 15.1. The molecule has 2 heteroatoms. The number of hydrogen-bond acceptors (Lipinski definition) is 0. The molecule has 0 aliphatic heterocycles. The highest BCUT2D eigenvalue weighted by Crippen LogP contribution is 2.15. The van der Waals surface area contributed by atoms with Gasteiger partial charge in [-0.25, -0.2) is 9.13 Å². The molecule has 1 heterocycles. The Morgan fingerprint density at radius 3 is 1.17 bits per heavy atom. The van der Waals surface area contributed by atoms with E-state index >= 15 is 0 Å². The number of unbranched alkanes of at least 4 members (excludes halogenated alkanes) is 27. The molecule has 0 aliphatic carbocycles. The molecular formula is C39H77N2+. The van der Waals surface area contributed by atoms with Crippen LogP contribution < -0.4 is 4.57 Å². The third-order valence-corrected chi connectivity index (χ3v) is 9.35. The Kier molecular flexibility index (Phi) is 28.6. The fraction of sp³-hybridized carbons (Fsp3) is 0.923. The fourth-order valence-corrected chi connectivity index (χ4v) is 6.50. The molecule has 41 heavy (non-hydrogen) atoms. The van der Waals surface area contributed by atoms with Crippen LogP contribution in [0.3, 0.4) is 0 Å². The van der Waals surface area contributed by atoms with Crippen molar-refractivity contribution < 1.29 is 4.57 Å². The second kappa shape index (κ2) is 30.7. The number of rotatable bonds is 33. The molecule has 0 aliphatic rings. The summed E-state index contributed by atoms with van der Waals surface area (Å²) in [5, 5.41) is 0. The van der Waals surface area contributed by atoms with Crippen molar-refractivity contribution in [3.05, 3.63) is 18.2 Å². The Hall–Kier alpha value is -0.790. The number of aryl methyl sites for hydroxylation is 2. The van der Waals surface area contributed by atoms with Gasteiger partial charge in [0.1, 0.15) is 12.4 Å². The zero-order chi connectivity index (χ0) is 29.5. The van der Waals surface area contributed by atoms with Crippen molar-refractivity contribution in [2.75, 3.05) is 0 Å². The summed E-state index contributed by atoms with van der Waals surface area (Å²) in [5.74, 6) is 1.61. The number of aromatic nitrogens is 2. The van der Waals surface area contributed by atoms with Gasteiger partial charge < -0.3 is 0 Å². The van der Waals surface area contributed by atoms with Crippen molar-refractivity contribution in [1.82, 2.24) is 4.57 Å². The van der Waals surface area contributed by atoms with E-state index in [1.165, 1.54) is 212 Å². The summed E-state index contributed by atoms with van der Waals surface area (Å²) in [6.45, 7) is 9.40. The maximum Gasteiger partial charge on any atom is 0.256 e. The van der Waals surface area contributed by atoms with Crippen molar-refractivity contribution in [3.8, 4) is 0 Å². The zero-order valence-corrected chi connectivity index (χ0v) is 28.9. The number of hydrogen-bond donors (Lipinski definition) is 0. The van der Waals surface area contributed by atoms with Gasteiger partial charge in [-0.2, -0.15) is 0 Å². The van der Waals surface area contributed by atoms with Crippen LogP contribution in [-0.2, 0) is 19.5 Å². The minimum atomic E-state index is 1.23. The van der Waals surface area contributed by atoms with Crippen LogP contribution in [0.2, 0.25) is 0 Å². The van der Waals surface area contributed by atoms with Gasteiger partial charge in [0.25, 0.3) is 5.82 Å². The molecule has 1 aromatic heterocycles. The zero-order valence-electron chi connectivity index (χ0n) is 28.9. The molecule has 0 amide bonds. The molecule has 0 unspecified atom stereocenters. The molecule has 0 atom stereocenters. The second-order valence-corrected chi connectivity index (χ2v) is 13.4. The first-order chi connectivity index (χ1) is 20.3. The van der Waals surface area contributed by atoms with E-state index in [4.69, 9.17) is 0 Å². The molecule has 0 saturated heterocycles. The van der Waals surface area contributed by atoms with Crippen LogP contribution in [0.15, 0.2) is 12.4 Å². The minimum absolute atomic E-state index is 1.23. The maximum atomic E-state index is 2.62. The van der Waals surface area contributed by atoms with Crippen LogP contribution in [0.4, 0.5) is 0 Å². The molecule has 0 N–H and O–H groups in total. The third-order valence-electron chi connectivity index (χ3n) is 9.35. The van der Waals surface area contributed by atoms with Gasteiger partial charge in [0.15, 0.2) is 0 Å². The van der Waals surface area contributed by atoms with Gasteiger partial charge in [-0.3, -0.25) is 0 Å². The van der Waals surface area contributed by atoms with Gasteiger partial charge in [-0.1, -0.05) is 181 Å². The van der Waals surface area contributed by atoms with Crippen LogP contribution in [0.1, 0.15) is 219 Å². The van der Waals surface area contributed by atoms with Crippen LogP contribution in [0.5, 0.6) is 0 Å². The van der Waals surface area contributed by atoms with Gasteiger partial charge >= 0.3 is 0 Å². The van der Waals surface area contributed by atoms with Crippen molar-refractivity contribution >= 4 is 0 Å². The highest BCUT2D eigenvalue weighted by Gasteiger charge is 2.16. The lowest BCUT2D eigenvalue weighted by molar-refractivity contribution is -0.704. The van der Waals surface area contributed by atoms with Gasteiger partial charge in [-0.15, -0.1) is 0 Å². The van der Waals surface area contributed by atoms with E-state index in [2.05, 4.69) is 42.3 Å². The molecule has 0 spiro atoms. The SMILES string of the molecule is CCCCCCCCCCCCCCCCCCn1cc[n+](CCCCCCCCCCC)c1CCCCCCC. The number of nitrogens with zero attached hydrogens (tertiary/aromatic N) is 2. The van der Waals surface area contributed by atoms with Crippen molar-refractivity contribution in [2.45, 2.75) is 233 Å². The van der Waals surface area contributed by atoms with E-state index in [0.29, 0.717) is 0 Å². The predicted octanol–water partition coefficient (Wildman–Crippen LogP) is 13.1. The van der Waals surface area contributed by atoms with E-state index in [9.17, 15) is 0 Å². The first-order valence-corrected chi connectivity index (χ1v) is 19.4. The van der Waals surface area contributed by atoms with E-state index in [-0.39, 0.29) is 0 Å². The maximum absolute atomic E-state index is 2.62. The fourth-order valence-electron chi connectivity index (χ4n) is 6.50. The summed E-state index contributed by atoms with van der Waals surface area (Å²) in [6, 6.07) is 0. The largest absolute Gasteiger partial charge is 0.256 e. The summed E-state index contributed by atoms with van der Waals surface area (Å²) < 4.78 is 5.24. The Morgan fingerprint density at radius 1 is 0.415 bits per heavy atom. The Morgan fingerprint density at radius 2 is 0.756 bits per heavy atom. The van der Waals surface area contributed by atoms with Gasteiger partial charge in [-0.05, 0) is 32.1 Å². The minimum Gasteiger partial charge on any atom is -0.234 e. The summed E-state index contributed by atoms with van der Waals surface area (Å²) in [4.78, 5) is 0. The molecule has 2 nitrogen and oxygen atoms in total. The van der Waals surface area contributed by atoms with E-state index in [1.54, 1.807) is 5.82 Å². The molecule has 0 bridgehead atoms. The molecule has 1 aromatic rings. The van der Waals surface area contributed by atoms with Gasteiger partial charge in [0, 0.05) is 6.42 Å². The monoisotopic (exact) mass is 574 g/mol. The molecule has 0 saturated carbocycles. The van der Waals surface area contributed by atoms with Crippen molar-refractivity contribution in [2.24, 2.45) is 0 Å². The van der Waals surface area contributed by atoms with Crippen LogP contribution in [-0.4, -0.2) is 4.57 Å². The molecular weight excluding hydrogens is 496 g/mol. The highest BCUT2D eigenvalue weighted by molar-refractivity contribution is 4.84. The lowest BCUT2D eigenvalue weighted by atomic mass is 10.0. The second-order valence-electron chi connectivity index (χ2n) is 13.4. The van der Waals surface area contributed by atoms with Crippen LogP contribution in [0, 0.1) is 0 Å². The van der Waals surface area contributed by atoms with E-state index in [1.807, 2.05) is 0 Å². The van der Waals surface area contributed by atoms with Crippen molar-refractivity contribution in [1.29, 1.82) is 0 Å². The normalized spacial score (nSPS) is 11.6. The average molecular weight is 574 g/mol. The molecule has 1 rings (SSSR count). The average Bonchev–Trinajstić information content (AvgIpc) is 3.37. The van der Waals surface area contributed by atoms with Crippen molar-refractivity contribution in [3.63, 3.8) is 0 Å². The van der Waals surface area contributed by atoms with Crippen LogP contribution in [0.25, 0.3) is 0 Å². The quantitative estimate of drug-likeness (QED) is 0.0584. The van der Waals surface area contributed by atoms with Crippen LogP contribution >= 0.6 is 0 Å².